The standard InChI is InChI=1S/C30H36F3N3O2/c1-4-6-7-17-36(28(37)22-34(5-2)29(38)25-15-13-23(3)14-16-25)21-27-12-9-18-35(27)20-24-10-8-11-26(19-24)30(31,32)33/h8-16,18-19H,4-7,17,20-22H2,1-3H3. The zero-order chi connectivity index (χ0) is 27.7. The largest absolute Gasteiger partial charge is 0.416 e. The molecule has 0 atom stereocenters. The van der Waals surface area contributed by atoms with E-state index in [1.807, 2.05) is 48.9 Å². The maximum Gasteiger partial charge on any atom is 0.416 e. The number of carbonyl (C=O) groups is 2. The van der Waals surface area contributed by atoms with E-state index in [-0.39, 0.29) is 24.9 Å². The number of hydrogen-bond donors (Lipinski definition) is 0. The minimum Gasteiger partial charge on any atom is -0.345 e. The number of likely N-dealkylation sites (N-methyl/N-ethyl adjacent to an activating group) is 1. The number of amides is 2. The van der Waals surface area contributed by atoms with Gasteiger partial charge in [0.25, 0.3) is 5.91 Å². The van der Waals surface area contributed by atoms with Crippen molar-refractivity contribution in [1.29, 1.82) is 0 Å². The lowest BCUT2D eigenvalue weighted by molar-refractivity contribution is -0.137. The van der Waals surface area contributed by atoms with Crippen LogP contribution in [0.4, 0.5) is 13.2 Å². The molecule has 1 heterocycles. The minimum absolute atomic E-state index is 0.0380. The van der Waals surface area contributed by atoms with Crippen molar-refractivity contribution in [2.45, 2.75) is 59.3 Å². The van der Waals surface area contributed by atoms with Crippen LogP contribution in [0.3, 0.4) is 0 Å². The molecule has 1 aromatic heterocycles. The topological polar surface area (TPSA) is 45.6 Å². The van der Waals surface area contributed by atoms with Gasteiger partial charge < -0.3 is 14.4 Å². The molecule has 8 heteroatoms. The van der Waals surface area contributed by atoms with Crippen LogP contribution >= 0.6 is 0 Å². The van der Waals surface area contributed by atoms with Gasteiger partial charge in [-0.05, 0) is 62.2 Å². The highest BCUT2D eigenvalue weighted by molar-refractivity contribution is 5.96. The van der Waals surface area contributed by atoms with Crippen molar-refractivity contribution >= 4 is 11.8 Å². The summed E-state index contributed by atoms with van der Waals surface area (Å²) in [7, 11) is 0. The van der Waals surface area contributed by atoms with Crippen molar-refractivity contribution in [2.24, 2.45) is 0 Å². The van der Waals surface area contributed by atoms with Crippen LogP contribution in [0.5, 0.6) is 0 Å². The van der Waals surface area contributed by atoms with Crippen LogP contribution in [0.1, 0.15) is 65.9 Å². The summed E-state index contributed by atoms with van der Waals surface area (Å²) in [5, 5.41) is 0. The number of hydrogen-bond acceptors (Lipinski definition) is 2. The number of alkyl halides is 3. The van der Waals surface area contributed by atoms with Crippen LogP contribution in [0, 0.1) is 6.92 Å². The van der Waals surface area contributed by atoms with Crippen molar-refractivity contribution in [1.82, 2.24) is 14.4 Å². The summed E-state index contributed by atoms with van der Waals surface area (Å²) in [6, 6.07) is 16.3. The maximum atomic E-state index is 13.4. The van der Waals surface area contributed by atoms with Crippen molar-refractivity contribution < 1.29 is 22.8 Å². The number of carbonyl (C=O) groups excluding carboxylic acids is 2. The highest BCUT2D eigenvalue weighted by atomic mass is 19.4. The zero-order valence-electron chi connectivity index (χ0n) is 22.3. The van der Waals surface area contributed by atoms with E-state index in [9.17, 15) is 22.8 Å². The average molecular weight is 528 g/mol. The molecule has 0 saturated carbocycles. The molecule has 5 nitrogen and oxygen atoms in total. The van der Waals surface area contributed by atoms with Crippen LogP contribution in [0.25, 0.3) is 0 Å². The second-order valence-corrected chi connectivity index (χ2v) is 9.53. The predicted octanol–water partition coefficient (Wildman–Crippen LogP) is 6.54. The second kappa shape index (κ2) is 13.3. The van der Waals surface area contributed by atoms with Crippen LogP contribution in [-0.4, -0.2) is 45.8 Å². The van der Waals surface area contributed by atoms with Gasteiger partial charge in [-0.3, -0.25) is 9.59 Å². The summed E-state index contributed by atoms with van der Waals surface area (Å²) >= 11 is 0. The fraction of sp³-hybridized carbons (Fsp3) is 0.400. The average Bonchev–Trinajstić information content (AvgIpc) is 3.32. The Balaban J connectivity index is 1.75. The summed E-state index contributed by atoms with van der Waals surface area (Å²) < 4.78 is 41.4. The van der Waals surface area contributed by atoms with Gasteiger partial charge in [0.15, 0.2) is 0 Å². The first-order valence-corrected chi connectivity index (χ1v) is 13.1. The van der Waals surface area contributed by atoms with Crippen LogP contribution in [0.15, 0.2) is 66.9 Å². The van der Waals surface area contributed by atoms with Gasteiger partial charge in [-0.25, -0.2) is 0 Å². The molecule has 0 aliphatic heterocycles. The molecule has 0 N–H and O–H groups in total. The van der Waals surface area contributed by atoms with Gasteiger partial charge in [-0.2, -0.15) is 13.2 Å². The smallest absolute Gasteiger partial charge is 0.345 e. The Morgan fingerprint density at radius 1 is 0.921 bits per heavy atom. The molecule has 3 aromatic rings. The Labute approximate surface area is 222 Å². The number of benzene rings is 2. The van der Waals surface area contributed by atoms with E-state index in [1.54, 1.807) is 28.0 Å². The van der Waals surface area contributed by atoms with Gasteiger partial charge in [0.05, 0.1) is 12.1 Å². The highest BCUT2D eigenvalue weighted by Crippen LogP contribution is 2.29. The number of halogens is 3. The molecule has 0 aliphatic rings. The zero-order valence-corrected chi connectivity index (χ0v) is 22.3. The first-order chi connectivity index (χ1) is 18.1. The SMILES string of the molecule is CCCCCN(Cc1cccn1Cc1cccc(C(F)(F)F)c1)C(=O)CN(CC)C(=O)c1ccc(C)cc1. The third kappa shape index (κ3) is 7.97. The quantitative estimate of drug-likeness (QED) is 0.251. The maximum absolute atomic E-state index is 13.4. The Hall–Kier alpha value is -3.55. The van der Waals surface area contributed by atoms with Gasteiger partial charge in [-0.15, -0.1) is 0 Å². The number of unbranched alkanes of at least 4 members (excludes halogenated alkanes) is 2. The lowest BCUT2D eigenvalue weighted by Gasteiger charge is -2.28. The van der Waals surface area contributed by atoms with E-state index in [1.165, 1.54) is 6.07 Å². The van der Waals surface area contributed by atoms with Crippen molar-refractivity contribution in [2.75, 3.05) is 19.6 Å². The molecular formula is C30H36F3N3O2. The lowest BCUT2D eigenvalue weighted by atomic mass is 10.1. The van der Waals surface area contributed by atoms with Crippen LogP contribution in [0.2, 0.25) is 0 Å². The minimum atomic E-state index is -4.40. The predicted molar refractivity (Wildman–Crippen MR) is 143 cm³/mol. The van der Waals surface area contributed by atoms with E-state index in [0.29, 0.717) is 30.8 Å². The van der Waals surface area contributed by atoms with Crippen molar-refractivity contribution in [3.8, 4) is 0 Å². The third-order valence-corrected chi connectivity index (χ3v) is 6.56. The monoisotopic (exact) mass is 527 g/mol. The Bertz CT molecular complexity index is 1200. The second-order valence-electron chi connectivity index (χ2n) is 9.53. The molecule has 204 valence electrons. The molecular weight excluding hydrogens is 491 g/mol. The molecule has 0 radical (unpaired) electrons. The molecule has 2 amide bonds. The Morgan fingerprint density at radius 3 is 2.32 bits per heavy atom. The normalized spacial score (nSPS) is 11.4. The van der Waals surface area contributed by atoms with Crippen molar-refractivity contribution in [3.05, 3.63) is 94.8 Å². The van der Waals surface area contributed by atoms with Gasteiger partial charge in [-0.1, -0.05) is 49.6 Å². The highest BCUT2D eigenvalue weighted by Gasteiger charge is 2.30. The van der Waals surface area contributed by atoms with Crippen molar-refractivity contribution in [3.63, 3.8) is 0 Å². The molecule has 0 aliphatic carbocycles. The molecule has 0 fully saturated rings. The van der Waals surface area contributed by atoms with E-state index in [2.05, 4.69) is 6.92 Å². The van der Waals surface area contributed by atoms with Gasteiger partial charge in [0.2, 0.25) is 5.91 Å². The molecule has 3 rings (SSSR count). The van der Waals surface area contributed by atoms with Crippen LogP contribution in [-0.2, 0) is 24.1 Å². The van der Waals surface area contributed by atoms with Gasteiger partial charge in [0.1, 0.15) is 6.54 Å². The Kier molecular flexibility index (Phi) is 10.2. The van der Waals surface area contributed by atoms with E-state index < -0.39 is 11.7 Å². The van der Waals surface area contributed by atoms with Crippen LogP contribution < -0.4 is 0 Å². The molecule has 2 aromatic carbocycles. The molecule has 0 bridgehead atoms. The Morgan fingerprint density at radius 2 is 1.66 bits per heavy atom. The summed E-state index contributed by atoms with van der Waals surface area (Å²) in [5.74, 6) is -0.350. The fourth-order valence-electron chi connectivity index (χ4n) is 4.30. The molecule has 0 unspecified atom stereocenters. The number of rotatable bonds is 12. The van der Waals surface area contributed by atoms with Gasteiger partial charge >= 0.3 is 6.18 Å². The number of aromatic nitrogens is 1. The molecule has 0 saturated heterocycles. The summed E-state index contributed by atoms with van der Waals surface area (Å²) in [6.45, 7) is 7.36. The lowest BCUT2D eigenvalue weighted by Crippen LogP contribution is -2.43. The fourth-order valence-corrected chi connectivity index (χ4v) is 4.30. The number of aryl methyl sites for hydroxylation is 1. The summed E-state index contributed by atoms with van der Waals surface area (Å²) in [5.41, 5.74) is 2.26. The third-order valence-electron chi connectivity index (χ3n) is 6.56. The molecule has 0 spiro atoms. The van der Waals surface area contributed by atoms with E-state index in [0.717, 1.165) is 42.7 Å². The first kappa shape index (κ1) is 29.0. The summed E-state index contributed by atoms with van der Waals surface area (Å²) in [4.78, 5) is 29.8. The number of nitrogens with zero attached hydrogens (tertiary/aromatic N) is 3. The van der Waals surface area contributed by atoms with E-state index in [4.69, 9.17) is 0 Å². The van der Waals surface area contributed by atoms with Gasteiger partial charge in [0, 0.05) is 37.1 Å². The summed E-state index contributed by atoms with van der Waals surface area (Å²) in [6.07, 6.45) is 0.202. The first-order valence-electron chi connectivity index (χ1n) is 13.1. The van der Waals surface area contributed by atoms with E-state index >= 15 is 0 Å². The molecule has 38 heavy (non-hydrogen) atoms.